The van der Waals surface area contributed by atoms with Crippen LogP contribution in [0.15, 0.2) is 66.4 Å². The Balaban J connectivity index is 1.79. The Kier molecular flexibility index (Phi) is 6.45. The molecule has 0 atom stereocenters. The Morgan fingerprint density at radius 3 is 2.15 bits per heavy atom. The van der Waals surface area contributed by atoms with Gasteiger partial charge in [-0.05, 0) is 73.4 Å². The third-order valence-corrected chi connectivity index (χ3v) is 5.35. The largest absolute Gasteiger partial charge is 0.494 e. The van der Waals surface area contributed by atoms with Gasteiger partial charge in [-0.15, -0.1) is 0 Å². The number of hydrogen-bond donors (Lipinski definition) is 1. The first-order chi connectivity index (χ1) is 16.3. The molecule has 1 aliphatic heterocycles. The number of carbonyl (C=O) groups excluding carboxylic acids is 2. The lowest BCUT2D eigenvalue weighted by atomic mass is 10.0. The zero-order valence-electron chi connectivity index (χ0n) is 19.1. The second kappa shape index (κ2) is 9.47. The van der Waals surface area contributed by atoms with Crippen molar-refractivity contribution in [2.45, 2.75) is 27.2 Å². The van der Waals surface area contributed by atoms with E-state index in [1.54, 1.807) is 36.4 Å². The Labute approximate surface area is 196 Å². The normalized spacial score (nSPS) is 13.6. The molecular weight excluding hydrogens is 438 g/mol. The Morgan fingerprint density at radius 1 is 0.853 bits per heavy atom. The van der Waals surface area contributed by atoms with Crippen LogP contribution in [0.3, 0.4) is 0 Å². The van der Waals surface area contributed by atoms with Gasteiger partial charge in [0.05, 0.1) is 17.9 Å². The van der Waals surface area contributed by atoms with E-state index in [0.717, 1.165) is 34.6 Å². The van der Waals surface area contributed by atoms with Gasteiger partial charge in [-0.25, -0.2) is 13.7 Å². The van der Waals surface area contributed by atoms with Crippen molar-refractivity contribution in [3.63, 3.8) is 0 Å². The quantitative estimate of drug-likeness (QED) is 0.453. The summed E-state index contributed by atoms with van der Waals surface area (Å²) in [7, 11) is 0. The fourth-order valence-corrected chi connectivity index (χ4v) is 3.88. The SMILES string of the molecule is CCCOc1ccc(C2=C(Nc3ccc(F)c(F)c3)C(=O)N(c3cc(C)cc(C)c3)C2=O)cc1. The van der Waals surface area contributed by atoms with E-state index < -0.39 is 23.4 Å². The molecule has 2 amide bonds. The van der Waals surface area contributed by atoms with Crippen molar-refractivity contribution in [1.82, 2.24) is 0 Å². The van der Waals surface area contributed by atoms with Gasteiger partial charge in [0.15, 0.2) is 11.6 Å². The van der Waals surface area contributed by atoms with Crippen molar-refractivity contribution in [2.24, 2.45) is 0 Å². The van der Waals surface area contributed by atoms with Gasteiger partial charge in [0.2, 0.25) is 0 Å². The van der Waals surface area contributed by atoms with E-state index in [0.29, 0.717) is 23.6 Å². The summed E-state index contributed by atoms with van der Waals surface area (Å²) in [5.74, 6) is -2.52. The predicted molar refractivity (Wildman–Crippen MR) is 128 cm³/mol. The first kappa shape index (κ1) is 23.2. The summed E-state index contributed by atoms with van der Waals surface area (Å²) in [5, 5.41) is 2.85. The smallest absolute Gasteiger partial charge is 0.282 e. The van der Waals surface area contributed by atoms with Gasteiger partial charge in [-0.2, -0.15) is 0 Å². The number of carbonyl (C=O) groups is 2. The van der Waals surface area contributed by atoms with Gasteiger partial charge in [0.25, 0.3) is 11.8 Å². The summed E-state index contributed by atoms with van der Waals surface area (Å²) in [4.78, 5) is 28.1. The molecule has 1 aliphatic rings. The van der Waals surface area contributed by atoms with Crippen molar-refractivity contribution < 1.29 is 23.1 Å². The van der Waals surface area contributed by atoms with Crippen LogP contribution in [0.1, 0.15) is 30.0 Å². The lowest BCUT2D eigenvalue weighted by Gasteiger charge is -2.17. The third-order valence-electron chi connectivity index (χ3n) is 5.35. The molecule has 0 fully saturated rings. The number of halogens is 2. The van der Waals surface area contributed by atoms with Crippen molar-refractivity contribution >= 4 is 28.8 Å². The topological polar surface area (TPSA) is 58.6 Å². The number of amides is 2. The van der Waals surface area contributed by atoms with Gasteiger partial charge in [0.1, 0.15) is 11.4 Å². The van der Waals surface area contributed by atoms with E-state index >= 15 is 0 Å². The Morgan fingerprint density at radius 2 is 1.53 bits per heavy atom. The summed E-state index contributed by atoms with van der Waals surface area (Å²) >= 11 is 0. The summed E-state index contributed by atoms with van der Waals surface area (Å²) in [6, 6.07) is 15.5. The zero-order chi connectivity index (χ0) is 24.4. The molecule has 0 saturated heterocycles. The first-order valence-corrected chi connectivity index (χ1v) is 10.9. The van der Waals surface area contributed by atoms with Crippen LogP contribution in [0.25, 0.3) is 5.57 Å². The number of nitrogens with one attached hydrogen (secondary N) is 1. The number of nitrogens with zero attached hydrogens (tertiary/aromatic N) is 1. The summed E-state index contributed by atoms with van der Waals surface area (Å²) in [5.41, 5.74) is 3.01. The second-order valence-electron chi connectivity index (χ2n) is 8.17. The predicted octanol–water partition coefficient (Wildman–Crippen LogP) is 5.77. The van der Waals surface area contributed by atoms with Gasteiger partial charge in [0, 0.05) is 11.8 Å². The third kappa shape index (κ3) is 4.55. The molecule has 34 heavy (non-hydrogen) atoms. The van der Waals surface area contributed by atoms with E-state index in [2.05, 4.69) is 5.32 Å². The molecule has 0 aromatic heterocycles. The molecule has 3 aromatic rings. The van der Waals surface area contributed by atoms with Gasteiger partial charge < -0.3 is 10.1 Å². The second-order valence-corrected chi connectivity index (χ2v) is 8.17. The molecule has 0 saturated carbocycles. The maximum atomic E-state index is 13.8. The molecular formula is C27H24F2N2O3. The molecule has 0 unspecified atom stereocenters. The van der Waals surface area contributed by atoms with Crippen molar-refractivity contribution in [2.75, 3.05) is 16.8 Å². The number of ether oxygens (including phenoxy) is 1. The molecule has 4 rings (SSSR count). The molecule has 1 N–H and O–H groups in total. The minimum absolute atomic E-state index is 0.0163. The van der Waals surface area contributed by atoms with Crippen LogP contribution in [0.2, 0.25) is 0 Å². The monoisotopic (exact) mass is 462 g/mol. The van der Waals surface area contributed by atoms with Crippen molar-refractivity contribution in [1.29, 1.82) is 0 Å². The van der Waals surface area contributed by atoms with Crippen LogP contribution in [0.4, 0.5) is 20.2 Å². The molecule has 174 valence electrons. The maximum absolute atomic E-state index is 13.8. The fraction of sp³-hybridized carbons (Fsp3) is 0.185. The van der Waals surface area contributed by atoms with Crippen LogP contribution in [-0.4, -0.2) is 18.4 Å². The minimum atomic E-state index is -1.06. The maximum Gasteiger partial charge on any atom is 0.282 e. The zero-order valence-corrected chi connectivity index (χ0v) is 19.1. The van der Waals surface area contributed by atoms with Crippen LogP contribution in [0.5, 0.6) is 5.75 Å². The van der Waals surface area contributed by atoms with Crippen molar-refractivity contribution in [3.8, 4) is 5.75 Å². The van der Waals surface area contributed by atoms with Crippen molar-refractivity contribution in [3.05, 3.63) is 94.7 Å². The van der Waals surface area contributed by atoms with Gasteiger partial charge in [-0.1, -0.05) is 25.1 Å². The molecule has 7 heteroatoms. The van der Waals surface area contributed by atoms with E-state index in [9.17, 15) is 18.4 Å². The van der Waals surface area contributed by atoms with Crippen LogP contribution in [0, 0.1) is 25.5 Å². The summed E-state index contributed by atoms with van der Waals surface area (Å²) in [6.45, 7) is 6.32. The van der Waals surface area contributed by atoms with E-state index in [1.807, 2.05) is 26.8 Å². The molecule has 1 heterocycles. The fourth-order valence-electron chi connectivity index (χ4n) is 3.88. The summed E-state index contributed by atoms with van der Waals surface area (Å²) in [6.07, 6.45) is 0.854. The number of aryl methyl sites for hydroxylation is 2. The van der Waals surface area contributed by atoms with Crippen LogP contribution >= 0.6 is 0 Å². The molecule has 0 radical (unpaired) electrons. The molecule has 0 spiro atoms. The number of hydrogen-bond acceptors (Lipinski definition) is 4. The average Bonchev–Trinajstić information content (AvgIpc) is 3.04. The molecule has 0 aliphatic carbocycles. The highest BCUT2D eigenvalue weighted by Gasteiger charge is 2.40. The standard InChI is InChI=1S/C27H24F2N2O3/c1-4-11-34-21-8-5-18(6-9-21)24-25(30-19-7-10-22(28)23(29)15-19)27(33)31(26(24)32)20-13-16(2)12-17(3)14-20/h5-10,12-15,30H,4,11H2,1-3H3. The van der Waals surface area contributed by atoms with E-state index in [4.69, 9.17) is 4.74 Å². The summed E-state index contributed by atoms with van der Waals surface area (Å²) < 4.78 is 32.9. The average molecular weight is 462 g/mol. The Hall–Kier alpha value is -4.00. The lowest BCUT2D eigenvalue weighted by molar-refractivity contribution is -0.120. The molecule has 0 bridgehead atoms. The highest BCUT2D eigenvalue weighted by Crippen LogP contribution is 2.35. The number of imide groups is 1. The highest BCUT2D eigenvalue weighted by atomic mass is 19.2. The van der Waals surface area contributed by atoms with E-state index in [-0.39, 0.29) is 17.0 Å². The Bertz CT molecular complexity index is 1280. The van der Waals surface area contributed by atoms with Gasteiger partial charge in [-0.3, -0.25) is 9.59 Å². The number of anilines is 2. The lowest BCUT2D eigenvalue weighted by Crippen LogP contribution is -2.32. The van der Waals surface area contributed by atoms with Crippen LogP contribution < -0.4 is 15.0 Å². The van der Waals surface area contributed by atoms with Gasteiger partial charge >= 0.3 is 0 Å². The number of rotatable bonds is 7. The van der Waals surface area contributed by atoms with E-state index in [1.165, 1.54) is 6.07 Å². The number of benzene rings is 3. The van der Waals surface area contributed by atoms with Crippen LogP contribution in [-0.2, 0) is 9.59 Å². The first-order valence-electron chi connectivity index (χ1n) is 10.9. The molecule has 5 nitrogen and oxygen atoms in total. The minimum Gasteiger partial charge on any atom is -0.494 e. The molecule has 3 aromatic carbocycles. The highest BCUT2D eigenvalue weighted by molar-refractivity contribution is 6.46.